The highest BCUT2D eigenvalue weighted by molar-refractivity contribution is 5.73. The SMILES string of the molecule is Cc1cccc2c1NC1CCCCC1CN2. The van der Waals surface area contributed by atoms with Crippen LogP contribution in [0.25, 0.3) is 0 Å². The van der Waals surface area contributed by atoms with Gasteiger partial charge in [0.1, 0.15) is 0 Å². The summed E-state index contributed by atoms with van der Waals surface area (Å²) in [6.07, 6.45) is 5.49. The van der Waals surface area contributed by atoms with E-state index < -0.39 is 0 Å². The van der Waals surface area contributed by atoms with Crippen molar-refractivity contribution >= 4 is 11.4 Å². The second kappa shape index (κ2) is 4.00. The van der Waals surface area contributed by atoms with Crippen LogP contribution in [0.15, 0.2) is 18.2 Å². The summed E-state index contributed by atoms with van der Waals surface area (Å²) in [6.45, 7) is 3.32. The summed E-state index contributed by atoms with van der Waals surface area (Å²) in [4.78, 5) is 0. The fourth-order valence-electron chi connectivity index (χ4n) is 3.08. The second-order valence-corrected chi connectivity index (χ2v) is 5.17. The average Bonchev–Trinajstić information content (AvgIpc) is 2.50. The van der Waals surface area contributed by atoms with Gasteiger partial charge in [0, 0.05) is 12.6 Å². The summed E-state index contributed by atoms with van der Waals surface area (Å²) in [7, 11) is 0. The lowest BCUT2D eigenvalue weighted by atomic mass is 9.84. The van der Waals surface area contributed by atoms with Crippen molar-refractivity contribution in [2.24, 2.45) is 5.92 Å². The number of anilines is 2. The molecule has 2 N–H and O–H groups in total. The van der Waals surface area contributed by atoms with Gasteiger partial charge in [0.05, 0.1) is 11.4 Å². The van der Waals surface area contributed by atoms with E-state index in [4.69, 9.17) is 0 Å². The molecule has 1 heterocycles. The van der Waals surface area contributed by atoms with Crippen molar-refractivity contribution in [1.82, 2.24) is 0 Å². The topological polar surface area (TPSA) is 24.1 Å². The molecule has 2 atom stereocenters. The third-order valence-electron chi connectivity index (χ3n) is 4.07. The van der Waals surface area contributed by atoms with Crippen molar-refractivity contribution < 1.29 is 0 Å². The van der Waals surface area contributed by atoms with E-state index in [2.05, 4.69) is 35.8 Å². The van der Waals surface area contributed by atoms with Gasteiger partial charge in [0.25, 0.3) is 0 Å². The van der Waals surface area contributed by atoms with Crippen molar-refractivity contribution in [3.8, 4) is 0 Å². The quantitative estimate of drug-likeness (QED) is 0.694. The van der Waals surface area contributed by atoms with Crippen LogP contribution in [0.4, 0.5) is 11.4 Å². The van der Waals surface area contributed by atoms with Crippen LogP contribution in [0, 0.1) is 12.8 Å². The van der Waals surface area contributed by atoms with Crippen molar-refractivity contribution in [2.75, 3.05) is 17.2 Å². The van der Waals surface area contributed by atoms with Gasteiger partial charge in [0.15, 0.2) is 0 Å². The zero-order valence-electron chi connectivity index (χ0n) is 9.92. The normalized spacial score (nSPS) is 28.1. The predicted molar refractivity (Wildman–Crippen MR) is 69.0 cm³/mol. The van der Waals surface area contributed by atoms with Crippen molar-refractivity contribution in [3.63, 3.8) is 0 Å². The van der Waals surface area contributed by atoms with Gasteiger partial charge in [-0.05, 0) is 37.3 Å². The van der Waals surface area contributed by atoms with Gasteiger partial charge in [0.2, 0.25) is 0 Å². The van der Waals surface area contributed by atoms with Gasteiger partial charge in [-0.3, -0.25) is 0 Å². The number of fused-ring (bicyclic) bond motifs is 2. The molecule has 1 aromatic carbocycles. The Balaban J connectivity index is 1.93. The first kappa shape index (κ1) is 10.0. The molecular weight excluding hydrogens is 196 g/mol. The minimum Gasteiger partial charge on any atom is -0.383 e. The number of nitrogens with one attached hydrogen (secondary N) is 2. The molecule has 2 heteroatoms. The Bertz CT molecular complexity index is 386. The maximum absolute atomic E-state index is 3.77. The van der Waals surface area contributed by atoms with E-state index in [-0.39, 0.29) is 0 Å². The maximum Gasteiger partial charge on any atom is 0.0607 e. The molecule has 1 aliphatic carbocycles. The Kier molecular flexibility index (Phi) is 2.50. The fourth-order valence-corrected chi connectivity index (χ4v) is 3.08. The van der Waals surface area contributed by atoms with E-state index in [1.165, 1.54) is 42.6 Å². The van der Waals surface area contributed by atoms with Crippen LogP contribution >= 0.6 is 0 Å². The van der Waals surface area contributed by atoms with E-state index in [0.29, 0.717) is 6.04 Å². The number of rotatable bonds is 0. The zero-order chi connectivity index (χ0) is 11.0. The van der Waals surface area contributed by atoms with Crippen LogP contribution in [0.1, 0.15) is 31.2 Å². The van der Waals surface area contributed by atoms with Crippen molar-refractivity contribution in [1.29, 1.82) is 0 Å². The molecule has 1 aromatic rings. The van der Waals surface area contributed by atoms with Crippen LogP contribution in [0.3, 0.4) is 0 Å². The Labute approximate surface area is 97.4 Å². The molecule has 86 valence electrons. The first-order valence-corrected chi connectivity index (χ1v) is 6.44. The Morgan fingerprint density at radius 2 is 2.06 bits per heavy atom. The van der Waals surface area contributed by atoms with E-state index in [1.54, 1.807) is 0 Å². The van der Waals surface area contributed by atoms with Gasteiger partial charge >= 0.3 is 0 Å². The smallest absolute Gasteiger partial charge is 0.0607 e. The molecule has 0 amide bonds. The van der Waals surface area contributed by atoms with Gasteiger partial charge in [-0.25, -0.2) is 0 Å². The molecule has 3 rings (SSSR count). The van der Waals surface area contributed by atoms with E-state index in [1.807, 2.05) is 0 Å². The molecule has 0 spiro atoms. The molecule has 2 aliphatic rings. The number of hydrogen-bond donors (Lipinski definition) is 2. The summed E-state index contributed by atoms with van der Waals surface area (Å²) in [5, 5.41) is 7.37. The molecule has 1 saturated carbocycles. The van der Waals surface area contributed by atoms with Crippen LogP contribution in [-0.4, -0.2) is 12.6 Å². The maximum atomic E-state index is 3.77. The highest BCUT2D eigenvalue weighted by Gasteiger charge is 2.28. The average molecular weight is 216 g/mol. The van der Waals surface area contributed by atoms with Crippen LogP contribution in [0.5, 0.6) is 0 Å². The molecule has 2 unspecified atom stereocenters. The first-order valence-electron chi connectivity index (χ1n) is 6.44. The molecular formula is C14H20N2. The van der Waals surface area contributed by atoms with E-state index in [0.717, 1.165) is 12.5 Å². The van der Waals surface area contributed by atoms with E-state index >= 15 is 0 Å². The number of benzene rings is 1. The third-order valence-corrected chi connectivity index (χ3v) is 4.07. The third kappa shape index (κ3) is 1.66. The fraction of sp³-hybridized carbons (Fsp3) is 0.571. The molecule has 1 fully saturated rings. The molecule has 16 heavy (non-hydrogen) atoms. The molecule has 0 radical (unpaired) electrons. The van der Waals surface area contributed by atoms with Gasteiger partial charge in [-0.1, -0.05) is 25.0 Å². The number of hydrogen-bond acceptors (Lipinski definition) is 2. The summed E-state index contributed by atoms with van der Waals surface area (Å²) >= 11 is 0. The summed E-state index contributed by atoms with van der Waals surface area (Å²) in [5.74, 6) is 0.806. The molecule has 2 nitrogen and oxygen atoms in total. The molecule has 1 aliphatic heterocycles. The minimum atomic E-state index is 0.684. The molecule has 0 saturated heterocycles. The predicted octanol–water partition coefficient (Wildman–Crippen LogP) is 3.39. The Hall–Kier alpha value is -1.18. The summed E-state index contributed by atoms with van der Waals surface area (Å²) in [5.41, 5.74) is 3.97. The minimum absolute atomic E-state index is 0.684. The number of aryl methyl sites for hydroxylation is 1. The largest absolute Gasteiger partial charge is 0.383 e. The van der Waals surface area contributed by atoms with Crippen molar-refractivity contribution in [3.05, 3.63) is 23.8 Å². The Morgan fingerprint density at radius 3 is 3.00 bits per heavy atom. The summed E-state index contributed by atoms with van der Waals surface area (Å²) < 4.78 is 0. The van der Waals surface area contributed by atoms with Crippen LogP contribution in [0.2, 0.25) is 0 Å². The second-order valence-electron chi connectivity index (χ2n) is 5.17. The highest BCUT2D eigenvalue weighted by Crippen LogP contribution is 2.35. The van der Waals surface area contributed by atoms with Crippen LogP contribution < -0.4 is 10.6 Å². The first-order chi connectivity index (χ1) is 7.84. The standard InChI is InChI=1S/C14H20N2/c1-10-5-4-8-13-14(10)16-12-7-3-2-6-11(12)9-15-13/h4-5,8,11-12,15-16H,2-3,6-7,9H2,1H3. The van der Waals surface area contributed by atoms with Gasteiger partial charge in [-0.2, -0.15) is 0 Å². The number of para-hydroxylation sites is 1. The lowest BCUT2D eigenvalue weighted by molar-refractivity contribution is 0.342. The van der Waals surface area contributed by atoms with E-state index in [9.17, 15) is 0 Å². The lowest BCUT2D eigenvalue weighted by Gasteiger charge is -2.30. The Morgan fingerprint density at radius 1 is 1.19 bits per heavy atom. The van der Waals surface area contributed by atoms with Gasteiger partial charge < -0.3 is 10.6 Å². The van der Waals surface area contributed by atoms with Crippen molar-refractivity contribution in [2.45, 2.75) is 38.6 Å². The van der Waals surface area contributed by atoms with Crippen LogP contribution in [-0.2, 0) is 0 Å². The molecule has 0 bridgehead atoms. The zero-order valence-corrected chi connectivity index (χ0v) is 9.92. The van der Waals surface area contributed by atoms with Gasteiger partial charge in [-0.15, -0.1) is 0 Å². The summed E-state index contributed by atoms with van der Waals surface area (Å²) in [6, 6.07) is 7.20. The monoisotopic (exact) mass is 216 g/mol. The molecule has 0 aromatic heterocycles. The highest BCUT2D eigenvalue weighted by atomic mass is 15.0. The lowest BCUT2D eigenvalue weighted by Crippen LogP contribution is -2.34.